The SMILES string of the molecule is C=C(C(=O)OCCC)C(=O)C(O)CC. The van der Waals surface area contributed by atoms with Gasteiger partial charge >= 0.3 is 5.97 Å². The predicted molar refractivity (Wildman–Crippen MR) is 51.7 cm³/mol. The highest BCUT2D eigenvalue weighted by atomic mass is 16.5. The van der Waals surface area contributed by atoms with Crippen LogP contribution in [-0.4, -0.2) is 29.6 Å². The van der Waals surface area contributed by atoms with Gasteiger partial charge in [0.25, 0.3) is 0 Å². The Hall–Kier alpha value is -1.16. The number of carbonyl (C=O) groups is 2. The van der Waals surface area contributed by atoms with Crippen molar-refractivity contribution in [3.8, 4) is 0 Å². The molecule has 0 aromatic heterocycles. The number of ketones is 1. The number of carbonyl (C=O) groups excluding carboxylic acids is 2. The molecule has 0 aliphatic rings. The van der Waals surface area contributed by atoms with Gasteiger partial charge < -0.3 is 9.84 Å². The highest BCUT2D eigenvalue weighted by molar-refractivity contribution is 6.18. The van der Waals surface area contributed by atoms with Crippen LogP contribution in [0.5, 0.6) is 0 Å². The van der Waals surface area contributed by atoms with Crippen LogP contribution in [0.25, 0.3) is 0 Å². The number of Topliss-reactive ketones (excluding diaryl/α,β-unsaturated/α-hetero) is 1. The highest BCUT2D eigenvalue weighted by Crippen LogP contribution is 2.04. The van der Waals surface area contributed by atoms with Gasteiger partial charge in [0.15, 0.2) is 5.78 Å². The third kappa shape index (κ3) is 3.70. The molecule has 0 spiro atoms. The summed E-state index contributed by atoms with van der Waals surface area (Å²) in [7, 11) is 0. The first-order chi connectivity index (χ1) is 6.54. The van der Waals surface area contributed by atoms with Crippen molar-refractivity contribution in [2.45, 2.75) is 32.8 Å². The van der Waals surface area contributed by atoms with E-state index in [9.17, 15) is 9.59 Å². The molecule has 0 radical (unpaired) electrons. The molecule has 0 fully saturated rings. The molecule has 0 aliphatic heterocycles. The molecule has 4 heteroatoms. The van der Waals surface area contributed by atoms with E-state index in [1.807, 2.05) is 6.92 Å². The fourth-order valence-corrected chi connectivity index (χ4v) is 0.769. The maximum absolute atomic E-state index is 11.2. The number of aliphatic hydroxyl groups excluding tert-OH is 1. The van der Waals surface area contributed by atoms with Crippen LogP contribution in [0.15, 0.2) is 12.2 Å². The molecule has 0 bridgehead atoms. The van der Waals surface area contributed by atoms with Crippen molar-refractivity contribution in [2.24, 2.45) is 0 Å². The van der Waals surface area contributed by atoms with Crippen LogP contribution in [0, 0.1) is 0 Å². The minimum atomic E-state index is -1.16. The van der Waals surface area contributed by atoms with E-state index < -0.39 is 17.9 Å². The van der Waals surface area contributed by atoms with Crippen LogP contribution in [0.2, 0.25) is 0 Å². The van der Waals surface area contributed by atoms with Gasteiger partial charge in [-0.25, -0.2) is 4.79 Å². The van der Waals surface area contributed by atoms with Crippen LogP contribution < -0.4 is 0 Å². The Morgan fingerprint density at radius 2 is 2.00 bits per heavy atom. The van der Waals surface area contributed by atoms with Crippen molar-refractivity contribution in [1.82, 2.24) is 0 Å². The summed E-state index contributed by atoms with van der Waals surface area (Å²) in [5.41, 5.74) is -0.284. The predicted octanol–water partition coefficient (Wildman–Crippen LogP) is 0.836. The summed E-state index contributed by atoms with van der Waals surface area (Å²) in [5, 5.41) is 9.15. The van der Waals surface area contributed by atoms with E-state index in [0.29, 0.717) is 6.42 Å². The molecule has 0 aromatic carbocycles. The van der Waals surface area contributed by atoms with Crippen molar-refractivity contribution >= 4 is 11.8 Å². The monoisotopic (exact) mass is 200 g/mol. The normalized spacial score (nSPS) is 11.9. The van der Waals surface area contributed by atoms with Crippen LogP contribution in [0.1, 0.15) is 26.7 Å². The van der Waals surface area contributed by atoms with Crippen LogP contribution in [0.3, 0.4) is 0 Å². The molecule has 1 atom stereocenters. The topological polar surface area (TPSA) is 63.6 Å². The second-order valence-corrected chi connectivity index (χ2v) is 2.90. The third-order valence-electron chi connectivity index (χ3n) is 1.67. The lowest BCUT2D eigenvalue weighted by Crippen LogP contribution is -2.25. The molecule has 0 rings (SSSR count). The Kier molecular flexibility index (Phi) is 5.79. The van der Waals surface area contributed by atoms with E-state index in [0.717, 1.165) is 0 Å². The number of rotatable bonds is 6. The summed E-state index contributed by atoms with van der Waals surface area (Å²) in [6.45, 7) is 7.04. The molecule has 4 nitrogen and oxygen atoms in total. The molecule has 0 aliphatic carbocycles. The molecule has 0 saturated carbocycles. The third-order valence-corrected chi connectivity index (χ3v) is 1.67. The maximum atomic E-state index is 11.2. The summed E-state index contributed by atoms with van der Waals surface area (Å²) < 4.78 is 4.70. The Morgan fingerprint density at radius 1 is 1.43 bits per heavy atom. The summed E-state index contributed by atoms with van der Waals surface area (Å²) >= 11 is 0. The van der Waals surface area contributed by atoms with Crippen molar-refractivity contribution in [3.05, 3.63) is 12.2 Å². The summed E-state index contributed by atoms with van der Waals surface area (Å²) in [4.78, 5) is 22.3. The van der Waals surface area contributed by atoms with Crippen LogP contribution in [-0.2, 0) is 14.3 Å². The molecular weight excluding hydrogens is 184 g/mol. The van der Waals surface area contributed by atoms with E-state index in [1.165, 1.54) is 0 Å². The number of aliphatic hydroxyl groups is 1. The van der Waals surface area contributed by atoms with E-state index in [1.54, 1.807) is 6.92 Å². The highest BCUT2D eigenvalue weighted by Gasteiger charge is 2.22. The van der Waals surface area contributed by atoms with E-state index in [2.05, 4.69) is 6.58 Å². The second-order valence-electron chi connectivity index (χ2n) is 2.90. The van der Waals surface area contributed by atoms with Gasteiger partial charge in [-0.15, -0.1) is 0 Å². The fourth-order valence-electron chi connectivity index (χ4n) is 0.769. The van der Waals surface area contributed by atoms with E-state index in [-0.39, 0.29) is 18.6 Å². The van der Waals surface area contributed by atoms with Crippen molar-refractivity contribution in [2.75, 3.05) is 6.61 Å². The van der Waals surface area contributed by atoms with Crippen molar-refractivity contribution in [3.63, 3.8) is 0 Å². The first kappa shape index (κ1) is 12.8. The van der Waals surface area contributed by atoms with Gasteiger partial charge in [-0.3, -0.25) is 4.79 Å². The standard InChI is InChI=1S/C10H16O4/c1-4-6-14-10(13)7(3)9(12)8(11)5-2/h8,11H,3-6H2,1-2H3. The summed E-state index contributed by atoms with van der Waals surface area (Å²) in [6, 6.07) is 0. The van der Waals surface area contributed by atoms with Crippen LogP contribution in [0.4, 0.5) is 0 Å². The molecule has 0 aromatic rings. The molecule has 0 saturated heterocycles. The second kappa shape index (κ2) is 6.32. The number of esters is 1. The zero-order valence-corrected chi connectivity index (χ0v) is 8.58. The minimum Gasteiger partial charge on any atom is -0.462 e. The Labute approximate surface area is 83.6 Å². The molecular formula is C10H16O4. The van der Waals surface area contributed by atoms with Gasteiger partial charge in [0, 0.05) is 0 Å². The lowest BCUT2D eigenvalue weighted by molar-refractivity contribution is -0.141. The first-order valence-electron chi connectivity index (χ1n) is 4.62. The summed E-state index contributed by atoms with van der Waals surface area (Å²) in [5.74, 6) is -1.40. The number of hydrogen-bond acceptors (Lipinski definition) is 4. The maximum Gasteiger partial charge on any atom is 0.341 e. The van der Waals surface area contributed by atoms with Gasteiger partial charge in [0.1, 0.15) is 6.10 Å². The lowest BCUT2D eigenvalue weighted by Gasteiger charge is -2.08. The average Bonchev–Trinajstić information content (AvgIpc) is 2.22. The molecule has 80 valence electrons. The fraction of sp³-hybridized carbons (Fsp3) is 0.600. The smallest absolute Gasteiger partial charge is 0.341 e. The average molecular weight is 200 g/mol. The van der Waals surface area contributed by atoms with Gasteiger partial charge in [-0.1, -0.05) is 20.4 Å². The van der Waals surface area contributed by atoms with Gasteiger partial charge in [0.2, 0.25) is 0 Å². The zero-order valence-electron chi connectivity index (χ0n) is 8.58. The Morgan fingerprint density at radius 3 is 2.43 bits per heavy atom. The van der Waals surface area contributed by atoms with Crippen molar-refractivity contribution < 1.29 is 19.4 Å². The first-order valence-corrected chi connectivity index (χ1v) is 4.62. The minimum absolute atomic E-state index is 0.257. The van der Waals surface area contributed by atoms with Gasteiger partial charge in [-0.2, -0.15) is 0 Å². The molecule has 1 unspecified atom stereocenters. The summed E-state index contributed by atoms with van der Waals surface area (Å²) in [6.07, 6.45) is -0.209. The van der Waals surface area contributed by atoms with Crippen LogP contribution >= 0.6 is 0 Å². The van der Waals surface area contributed by atoms with E-state index in [4.69, 9.17) is 9.84 Å². The molecule has 1 N–H and O–H groups in total. The van der Waals surface area contributed by atoms with Gasteiger partial charge in [0.05, 0.1) is 12.2 Å². The quantitative estimate of drug-likeness (QED) is 0.298. The molecule has 0 heterocycles. The number of ether oxygens (including phenoxy) is 1. The molecule has 0 amide bonds. The largest absolute Gasteiger partial charge is 0.462 e. The lowest BCUT2D eigenvalue weighted by atomic mass is 10.1. The van der Waals surface area contributed by atoms with Crippen molar-refractivity contribution in [1.29, 1.82) is 0 Å². The van der Waals surface area contributed by atoms with Gasteiger partial charge in [-0.05, 0) is 12.8 Å². The number of hydrogen-bond donors (Lipinski definition) is 1. The van der Waals surface area contributed by atoms with E-state index >= 15 is 0 Å². The Balaban J connectivity index is 4.18. The zero-order chi connectivity index (χ0) is 11.1. The Bertz CT molecular complexity index is 232. The molecule has 14 heavy (non-hydrogen) atoms.